The fourth-order valence-electron chi connectivity index (χ4n) is 3.02. The zero-order valence-corrected chi connectivity index (χ0v) is 15.9. The quantitative estimate of drug-likeness (QED) is 0.368. The second kappa shape index (κ2) is 8.88. The average molecular weight is 401 g/mol. The van der Waals surface area contributed by atoms with E-state index in [1.807, 2.05) is 9.80 Å². The average Bonchev–Trinajstić information content (AvgIpc) is 2.77. The van der Waals surface area contributed by atoms with E-state index in [2.05, 4.69) is 25.5 Å². The molecule has 29 heavy (non-hydrogen) atoms. The summed E-state index contributed by atoms with van der Waals surface area (Å²) in [6, 6.07) is 4.20. The van der Waals surface area contributed by atoms with E-state index in [1.165, 1.54) is 24.4 Å². The first-order chi connectivity index (χ1) is 14.2. The molecular weight excluding hydrogens is 378 g/mol. The van der Waals surface area contributed by atoms with Gasteiger partial charge >= 0.3 is 0 Å². The maximum Gasteiger partial charge on any atom is 0.250 e. The minimum absolute atomic E-state index is 0.00649. The molecule has 2 aliphatic heterocycles. The molecule has 1 aromatic carbocycles. The number of hydrogen-bond donors (Lipinski definition) is 3. The van der Waals surface area contributed by atoms with Gasteiger partial charge in [-0.15, -0.1) is 0 Å². The molecular formula is C18H23N7O4. The number of aromatic hydroxyl groups is 2. The molecule has 2 fully saturated rings. The van der Waals surface area contributed by atoms with Gasteiger partial charge in [0, 0.05) is 31.7 Å². The zero-order chi connectivity index (χ0) is 20.1. The van der Waals surface area contributed by atoms with Crippen molar-refractivity contribution in [3.8, 4) is 11.5 Å². The van der Waals surface area contributed by atoms with E-state index in [9.17, 15) is 10.2 Å². The fraction of sp³-hybridized carbons (Fsp3) is 0.444. The van der Waals surface area contributed by atoms with Gasteiger partial charge in [-0.05, 0) is 18.2 Å². The molecule has 0 atom stereocenters. The van der Waals surface area contributed by atoms with Crippen LogP contribution in [-0.2, 0) is 9.47 Å². The van der Waals surface area contributed by atoms with Crippen LogP contribution in [0.1, 0.15) is 5.56 Å². The summed E-state index contributed by atoms with van der Waals surface area (Å²) in [5.74, 6) is 1.45. The molecule has 0 bridgehead atoms. The molecule has 0 saturated carbocycles. The smallest absolute Gasteiger partial charge is 0.250 e. The number of aromatic nitrogens is 3. The second-order valence-corrected chi connectivity index (χ2v) is 6.57. The highest BCUT2D eigenvalue weighted by Crippen LogP contribution is 2.21. The SMILES string of the molecule is Oc1ccc(O)c(/C=N/Nc2nc(N3CCOCC3)nc(N3CCOCC3)n2)c1. The molecule has 3 heterocycles. The predicted octanol–water partition coefficient (Wildman–Crippen LogP) is 0.402. The van der Waals surface area contributed by atoms with Gasteiger partial charge in [-0.3, -0.25) is 0 Å². The van der Waals surface area contributed by atoms with Crippen molar-refractivity contribution in [3.63, 3.8) is 0 Å². The molecule has 11 nitrogen and oxygen atoms in total. The summed E-state index contributed by atoms with van der Waals surface area (Å²) in [6.07, 6.45) is 1.39. The molecule has 2 saturated heterocycles. The number of anilines is 3. The monoisotopic (exact) mass is 401 g/mol. The van der Waals surface area contributed by atoms with Crippen LogP contribution in [0.2, 0.25) is 0 Å². The fourth-order valence-corrected chi connectivity index (χ4v) is 3.02. The van der Waals surface area contributed by atoms with Crippen LogP contribution in [0.5, 0.6) is 11.5 Å². The normalized spacial score (nSPS) is 17.7. The van der Waals surface area contributed by atoms with Crippen LogP contribution in [-0.4, -0.2) is 84.0 Å². The second-order valence-electron chi connectivity index (χ2n) is 6.57. The van der Waals surface area contributed by atoms with Gasteiger partial charge in [-0.25, -0.2) is 5.43 Å². The Morgan fingerprint density at radius 1 is 0.897 bits per heavy atom. The van der Waals surface area contributed by atoms with Crippen LogP contribution < -0.4 is 15.2 Å². The predicted molar refractivity (Wildman–Crippen MR) is 107 cm³/mol. The van der Waals surface area contributed by atoms with Crippen molar-refractivity contribution in [1.82, 2.24) is 15.0 Å². The van der Waals surface area contributed by atoms with Crippen molar-refractivity contribution in [3.05, 3.63) is 23.8 Å². The molecule has 154 valence electrons. The Balaban J connectivity index is 1.57. The van der Waals surface area contributed by atoms with Gasteiger partial charge < -0.3 is 29.5 Å². The molecule has 0 aliphatic carbocycles. The minimum Gasteiger partial charge on any atom is -0.508 e. The van der Waals surface area contributed by atoms with Gasteiger partial charge in [-0.1, -0.05) is 0 Å². The van der Waals surface area contributed by atoms with E-state index in [0.717, 1.165) is 0 Å². The Morgan fingerprint density at radius 3 is 2.07 bits per heavy atom. The molecule has 4 rings (SSSR count). The van der Waals surface area contributed by atoms with Crippen molar-refractivity contribution < 1.29 is 19.7 Å². The van der Waals surface area contributed by atoms with Crippen molar-refractivity contribution in [2.45, 2.75) is 0 Å². The number of morpholine rings is 2. The first kappa shape index (κ1) is 19.2. The summed E-state index contributed by atoms with van der Waals surface area (Å²) in [7, 11) is 0. The lowest BCUT2D eigenvalue weighted by Gasteiger charge is -2.30. The lowest BCUT2D eigenvalue weighted by atomic mass is 10.2. The summed E-state index contributed by atoms with van der Waals surface area (Å²) in [4.78, 5) is 17.7. The van der Waals surface area contributed by atoms with Crippen molar-refractivity contribution in [2.75, 3.05) is 67.8 Å². The van der Waals surface area contributed by atoms with Crippen molar-refractivity contribution >= 4 is 24.1 Å². The Kier molecular flexibility index (Phi) is 5.86. The molecule has 11 heteroatoms. The first-order valence-electron chi connectivity index (χ1n) is 9.41. The van der Waals surface area contributed by atoms with E-state index >= 15 is 0 Å². The Morgan fingerprint density at radius 2 is 1.48 bits per heavy atom. The molecule has 3 N–H and O–H groups in total. The topological polar surface area (TPSA) is 128 Å². The minimum atomic E-state index is 0.00649. The summed E-state index contributed by atoms with van der Waals surface area (Å²) >= 11 is 0. The summed E-state index contributed by atoms with van der Waals surface area (Å²) < 4.78 is 10.8. The van der Waals surface area contributed by atoms with Crippen LogP contribution in [0.4, 0.5) is 17.8 Å². The van der Waals surface area contributed by atoms with Crippen molar-refractivity contribution in [1.29, 1.82) is 0 Å². The third-order valence-electron chi connectivity index (χ3n) is 4.58. The number of nitrogens with one attached hydrogen (secondary N) is 1. The van der Waals surface area contributed by atoms with Crippen LogP contribution in [0.25, 0.3) is 0 Å². The number of ether oxygens (including phenoxy) is 2. The summed E-state index contributed by atoms with van der Waals surface area (Å²) in [5.41, 5.74) is 3.17. The van der Waals surface area contributed by atoms with Crippen molar-refractivity contribution in [2.24, 2.45) is 5.10 Å². The van der Waals surface area contributed by atoms with Gasteiger partial charge in [0.1, 0.15) is 11.5 Å². The standard InChI is InChI=1S/C18H23N7O4/c26-14-1-2-15(27)13(11-14)12-19-23-16-20-17(24-3-7-28-8-4-24)22-18(21-16)25-5-9-29-10-6-25/h1-2,11-12,26-27H,3-10H2,(H,20,21,22,23)/b19-12+. The third-order valence-corrected chi connectivity index (χ3v) is 4.58. The van der Waals surface area contributed by atoms with E-state index < -0.39 is 0 Å². The zero-order valence-electron chi connectivity index (χ0n) is 15.9. The van der Waals surface area contributed by atoms with E-state index in [1.54, 1.807) is 0 Å². The maximum atomic E-state index is 9.85. The van der Waals surface area contributed by atoms with Crippen LogP contribution in [0.3, 0.4) is 0 Å². The first-order valence-corrected chi connectivity index (χ1v) is 9.41. The number of benzene rings is 1. The highest BCUT2D eigenvalue weighted by atomic mass is 16.5. The number of hydrogen-bond acceptors (Lipinski definition) is 11. The highest BCUT2D eigenvalue weighted by molar-refractivity contribution is 5.84. The molecule has 0 amide bonds. The van der Waals surface area contributed by atoms with Gasteiger partial charge in [-0.2, -0.15) is 20.1 Å². The summed E-state index contributed by atoms with van der Waals surface area (Å²) in [6.45, 7) is 5.29. The number of hydrazone groups is 1. The lowest BCUT2D eigenvalue weighted by Crippen LogP contribution is -2.40. The summed E-state index contributed by atoms with van der Waals surface area (Å²) in [5, 5.41) is 23.5. The number of rotatable bonds is 5. The number of nitrogens with zero attached hydrogens (tertiary/aromatic N) is 6. The molecule has 1 aromatic heterocycles. The van der Waals surface area contributed by atoms with E-state index in [4.69, 9.17) is 9.47 Å². The Hall–Kier alpha value is -3.18. The van der Waals surface area contributed by atoms with E-state index in [-0.39, 0.29) is 11.5 Å². The van der Waals surface area contributed by atoms with Crippen LogP contribution in [0, 0.1) is 0 Å². The molecule has 2 aliphatic rings. The third kappa shape index (κ3) is 4.81. The molecule has 0 spiro atoms. The number of phenols is 2. The van der Waals surface area contributed by atoms with Gasteiger partial charge in [0.15, 0.2) is 0 Å². The highest BCUT2D eigenvalue weighted by Gasteiger charge is 2.20. The van der Waals surface area contributed by atoms with Gasteiger partial charge in [0.05, 0.1) is 32.6 Å². The van der Waals surface area contributed by atoms with Crippen LogP contribution in [0.15, 0.2) is 23.3 Å². The molecule has 0 unspecified atom stereocenters. The number of phenolic OH excluding ortho intramolecular Hbond substituents is 2. The van der Waals surface area contributed by atoms with Gasteiger partial charge in [0.2, 0.25) is 17.8 Å². The Bertz CT molecular complexity index is 831. The van der Waals surface area contributed by atoms with E-state index in [0.29, 0.717) is 76.0 Å². The molecule has 0 radical (unpaired) electrons. The largest absolute Gasteiger partial charge is 0.508 e. The maximum absolute atomic E-state index is 9.85. The van der Waals surface area contributed by atoms with Crippen LogP contribution >= 0.6 is 0 Å². The van der Waals surface area contributed by atoms with Gasteiger partial charge in [0.25, 0.3) is 0 Å². The lowest BCUT2D eigenvalue weighted by molar-refractivity contribution is 0.121. The Labute approximate surface area is 167 Å². The molecule has 2 aromatic rings.